The van der Waals surface area contributed by atoms with E-state index in [1.165, 1.54) is 35.6 Å². The van der Waals surface area contributed by atoms with E-state index in [0.717, 1.165) is 11.1 Å². The topological polar surface area (TPSA) is 55.4 Å². The molecule has 0 atom stereocenters. The van der Waals surface area contributed by atoms with Crippen LogP contribution in [0.5, 0.6) is 0 Å². The highest BCUT2D eigenvalue weighted by atomic mass is 32.1. The van der Waals surface area contributed by atoms with Gasteiger partial charge in [0.25, 0.3) is 5.91 Å². The minimum Gasteiger partial charge on any atom is -0.451 e. The molecule has 0 fully saturated rings. The fraction of sp³-hybridized carbons (Fsp3) is 0.0526. The van der Waals surface area contributed by atoms with E-state index >= 15 is 0 Å². The molecule has 3 aromatic rings. The summed E-state index contributed by atoms with van der Waals surface area (Å²) < 4.78 is 17.9. The summed E-state index contributed by atoms with van der Waals surface area (Å²) in [5, 5.41) is 4.34. The van der Waals surface area contributed by atoms with Crippen molar-refractivity contribution in [3.8, 4) is 11.1 Å². The number of hydrogen-bond acceptors (Lipinski definition) is 4. The van der Waals surface area contributed by atoms with Gasteiger partial charge in [-0.15, -0.1) is 11.3 Å². The number of amides is 1. The maximum atomic E-state index is 12.8. The molecule has 1 heterocycles. The van der Waals surface area contributed by atoms with E-state index in [0.29, 0.717) is 10.6 Å². The van der Waals surface area contributed by atoms with Crippen molar-refractivity contribution >= 4 is 28.9 Å². The zero-order valence-corrected chi connectivity index (χ0v) is 13.9. The Labute approximate surface area is 147 Å². The van der Waals surface area contributed by atoms with Gasteiger partial charge < -0.3 is 10.1 Å². The molecule has 1 N–H and O–H groups in total. The zero-order valence-electron chi connectivity index (χ0n) is 13.1. The van der Waals surface area contributed by atoms with Gasteiger partial charge in [0.2, 0.25) is 0 Å². The Hall–Kier alpha value is -2.99. The molecular weight excluding hydrogens is 341 g/mol. The highest BCUT2D eigenvalue weighted by Crippen LogP contribution is 2.28. The lowest BCUT2D eigenvalue weighted by molar-refractivity contribution is -0.119. The van der Waals surface area contributed by atoms with Crippen molar-refractivity contribution in [2.45, 2.75) is 0 Å². The largest absolute Gasteiger partial charge is 0.451 e. The van der Waals surface area contributed by atoms with Crippen LogP contribution in [-0.2, 0) is 9.53 Å². The van der Waals surface area contributed by atoms with Gasteiger partial charge >= 0.3 is 5.97 Å². The van der Waals surface area contributed by atoms with Crippen LogP contribution in [0.15, 0.2) is 66.0 Å². The third kappa shape index (κ3) is 4.30. The van der Waals surface area contributed by atoms with Crippen LogP contribution >= 0.6 is 11.3 Å². The molecule has 25 heavy (non-hydrogen) atoms. The Bertz CT molecular complexity index is 875. The first-order valence-electron chi connectivity index (χ1n) is 7.49. The van der Waals surface area contributed by atoms with Crippen LogP contribution in [0.4, 0.5) is 10.1 Å². The van der Waals surface area contributed by atoms with Crippen LogP contribution in [-0.4, -0.2) is 18.5 Å². The number of nitrogens with one attached hydrogen (secondary N) is 1. The molecule has 0 aliphatic rings. The second-order valence-corrected chi connectivity index (χ2v) is 6.08. The van der Waals surface area contributed by atoms with Crippen molar-refractivity contribution in [3.05, 3.63) is 76.7 Å². The van der Waals surface area contributed by atoms with Crippen molar-refractivity contribution in [2.75, 3.05) is 11.9 Å². The maximum absolute atomic E-state index is 12.8. The molecule has 0 aliphatic heterocycles. The lowest BCUT2D eigenvalue weighted by Gasteiger charge is -2.07. The summed E-state index contributed by atoms with van der Waals surface area (Å²) in [6, 6.07) is 16.7. The van der Waals surface area contributed by atoms with Crippen LogP contribution < -0.4 is 5.32 Å². The second kappa shape index (κ2) is 7.72. The molecule has 0 bridgehead atoms. The molecule has 4 nitrogen and oxygen atoms in total. The van der Waals surface area contributed by atoms with E-state index in [9.17, 15) is 14.0 Å². The summed E-state index contributed by atoms with van der Waals surface area (Å²) in [4.78, 5) is 24.6. The summed E-state index contributed by atoms with van der Waals surface area (Å²) in [7, 11) is 0. The van der Waals surface area contributed by atoms with Crippen LogP contribution in [0.1, 0.15) is 9.67 Å². The summed E-state index contributed by atoms with van der Waals surface area (Å²) in [5.74, 6) is -1.43. The third-order valence-corrected chi connectivity index (χ3v) is 4.29. The molecule has 3 rings (SSSR count). The quantitative estimate of drug-likeness (QED) is 0.692. The van der Waals surface area contributed by atoms with Crippen molar-refractivity contribution in [1.82, 2.24) is 0 Å². The number of anilines is 1. The van der Waals surface area contributed by atoms with Crippen LogP contribution in [0.3, 0.4) is 0 Å². The number of halogens is 1. The molecule has 0 spiro atoms. The first-order valence-corrected chi connectivity index (χ1v) is 8.37. The first kappa shape index (κ1) is 16.9. The third-order valence-electron chi connectivity index (χ3n) is 3.40. The number of carbonyl (C=O) groups excluding carboxylic acids is 2. The predicted molar refractivity (Wildman–Crippen MR) is 95.1 cm³/mol. The zero-order chi connectivity index (χ0) is 17.6. The van der Waals surface area contributed by atoms with E-state index < -0.39 is 24.3 Å². The van der Waals surface area contributed by atoms with Gasteiger partial charge in [-0.25, -0.2) is 9.18 Å². The van der Waals surface area contributed by atoms with E-state index in [1.54, 1.807) is 5.38 Å². The molecule has 0 aliphatic carbocycles. The molecule has 0 saturated carbocycles. The lowest BCUT2D eigenvalue weighted by atomic mass is 10.1. The normalized spacial score (nSPS) is 10.3. The molecule has 1 aromatic heterocycles. The number of thiophene rings is 1. The second-order valence-electron chi connectivity index (χ2n) is 5.16. The number of rotatable bonds is 5. The average Bonchev–Trinajstić information content (AvgIpc) is 3.12. The van der Waals surface area contributed by atoms with Crippen LogP contribution in [0.2, 0.25) is 0 Å². The average molecular weight is 355 g/mol. The number of hydrogen-bond donors (Lipinski definition) is 1. The Morgan fingerprint density at radius 1 is 1.00 bits per heavy atom. The van der Waals surface area contributed by atoms with E-state index in [2.05, 4.69) is 5.32 Å². The van der Waals surface area contributed by atoms with Crippen LogP contribution in [0.25, 0.3) is 11.1 Å². The SMILES string of the molecule is O=C(COC(=O)c1sccc1-c1ccccc1)Nc1ccc(F)cc1. The molecule has 1 amide bonds. The predicted octanol–water partition coefficient (Wildman–Crippen LogP) is 4.35. The van der Waals surface area contributed by atoms with Crippen molar-refractivity contribution < 1.29 is 18.7 Å². The molecule has 126 valence electrons. The van der Waals surface area contributed by atoms with Crippen LogP contribution in [0, 0.1) is 5.82 Å². The highest BCUT2D eigenvalue weighted by molar-refractivity contribution is 7.12. The van der Waals surface area contributed by atoms with Gasteiger partial charge in [0.1, 0.15) is 10.7 Å². The minimum absolute atomic E-state index is 0.393. The Morgan fingerprint density at radius 2 is 1.72 bits per heavy atom. The molecule has 0 saturated heterocycles. The Morgan fingerprint density at radius 3 is 2.44 bits per heavy atom. The lowest BCUT2D eigenvalue weighted by Crippen LogP contribution is -2.20. The smallest absolute Gasteiger partial charge is 0.349 e. The van der Waals surface area contributed by atoms with Gasteiger partial charge in [-0.2, -0.15) is 0 Å². The van der Waals surface area contributed by atoms with Gasteiger partial charge in [0.15, 0.2) is 6.61 Å². The summed E-state index contributed by atoms with van der Waals surface area (Å²) in [5.41, 5.74) is 2.12. The number of benzene rings is 2. The van der Waals surface area contributed by atoms with Gasteiger partial charge in [0.05, 0.1) is 0 Å². The first-order chi connectivity index (χ1) is 12.1. The molecular formula is C19H14FNO3S. The van der Waals surface area contributed by atoms with Crippen molar-refractivity contribution in [2.24, 2.45) is 0 Å². The molecule has 0 unspecified atom stereocenters. The maximum Gasteiger partial charge on any atom is 0.349 e. The monoisotopic (exact) mass is 355 g/mol. The van der Waals surface area contributed by atoms with Crippen molar-refractivity contribution in [1.29, 1.82) is 0 Å². The number of ether oxygens (including phenoxy) is 1. The Balaban J connectivity index is 1.61. The minimum atomic E-state index is -0.553. The fourth-order valence-electron chi connectivity index (χ4n) is 2.24. The molecule has 2 aromatic carbocycles. The summed E-state index contributed by atoms with van der Waals surface area (Å²) in [6.45, 7) is -0.414. The summed E-state index contributed by atoms with van der Waals surface area (Å²) in [6.07, 6.45) is 0. The number of esters is 1. The molecule has 0 radical (unpaired) electrons. The summed E-state index contributed by atoms with van der Waals surface area (Å²) >= 11 is 1.26. The standard InChI is InChI=1S/C19H14FNO3S/c20-14-6-8-15(9-7-14)21-17(22)12-24-19(23)18-16(10-11-25-18)13-4-2-1-3-5-13/h1-11H,12H2,(H,21,22). The Kier molecular flexibility index (Phi) is 5.20. The highest BCUT2D eigenvalue weighted by Gasteiger charge is 2.17. The van der Waals surface area contributed by atoms with Gasteiger partial charge in [-0.05, 0) is 41.3 Å². The van der Waals surface area contributed by atoms with Gasteiger partial charge in [0, 0.05) is 11.3 Å². The van der Waals surface area contributed by atoms with E-state index in [-0.39, 0.29) is 0 Å². The molecule has 6 heteroatoms. The van der Waals surface area contributed by atoms with Gasteiger partial charge in [-0.1, -0.05) is 30.3 Å². The van der Waals surface area contributed by atoms with Crippen molar-refractivity contribution in [3.63, 3.8) is 0 Å². The van der Waals surface area contributed by atoms with E-state index in [1.807, 2.05) is 36.4 Å². The fourth-order valence-corrected chi connectivity index (χ4v) is 3.05. The van der Waals surface area contributed by atoms with E-state index in [4.69, 9.17) is 4.74 Å². The van der Waals surface area contributed by atoms with Gasteiger partial charge in [-0.3, -0.25) is 4.79 Å². The number of carbonyl (C=O) groups is 2.